The van der Waals surface area contributed by atoms with Crippen LogP contribution in [0.1, 0.15) is 51.6 Å². The maximum absolute atomic E-state index is 11.1. The maximum atomic E-state index is 11.1. The Kier molecular flexibility index (Phi) is 7.42. The molecule has 0 saturated carbocycles. The molecule has 0 aromatic carbocycles. The molecule has 1 aromatic rings. The maximum Gasteiger partial charge on any atom is 0.352 e. The Morgan fingerprint density at radius 2 is 1.90 bits per heavy atom. The molecule has 0 fully saturated rings. The molecule has 1 aromatic heterocycles. The summed E-state index contributed by atoms with van der Waals surface area (Å²) in [5, 5.41) is 14.1. The van der Waals surface area contributed by atoms with Crippen molar-refractivity contribution in [3.05, 3.63) is 15.8 Å². The Labute approximate surface area is 125 Å². The molecule has 0 aliphatic rings. The van der Waals surface area contributed by atoms with Crippen LogP contribution in [0.5, 0.6) is 5.88 Å². The molecular formula is C14H24N4O3. The average Bonchev–Trinajstić information content (AvgIpc) is 2.42. The predicted molar refractivity (Wildman–Crippen MR) is 81.8 cm³/mol. The summed E-state index contributed by atoms with van der Waals surface area (Å²) in [4.78, 5) is 18.8. The van der Waals surface area contributed by atoms with E-state index in [1.165, 1.54) is 12.8 Å². The van der Waals surface area contributed by atoms with Crippen LogP contribution in [0.15, 0.2) is 0 Å². The van der Waals surface area contributed by atoms with Gasteiger partial charge in [0.2, 0.25) is 5.95 Å². The van der Waals surface area contributed by atoms with Gasteiger partial charge in [0.15, 0.2) is 0 Å². The molecule has 118 valence electrons. The summed E-state index contributed by atoms with van der Waals surface area (Å²) in [5.41, 5.74) is 0.164. The largest absolute Gasteiger partial charge is 0.473 e. The van der Waals surface area contributed by atoms with Gasteiger partial charge < -0.3 is 10.1 Å². The highest BCUT2D eigenvalue weighted by molar-refractivity contribution is 5.48. The van der Waals surface area contributed by atoms with Gasteiger partial charge in [0.1, 0.15) is 5.69 Å². The second kappa shape index (κ2) is 9.10. The number of unbranched alkanes of at least 4 members (excludes halogenated alkanes) is 4. The number of nitro groups is 1. The van der Waals surface area contributed by atoms with Gasteiger partial charge in [0, 0.05) is 6.54 Å². The van der Waals surface area contributed by atoms with Gasteiger partial charge >= 0.3 is 5.69 Å². The van der Waals surface area contributed by atoms with E-state index in [2.05, 4.69) is 22.2 Å². The zero-order valence-electron chi connectivity index (χ0n) is 13.0. The molecule has 0 radical (unpaired) electrons. The number of anilines is 1. The van der Waals surface area contributed by atoms with Crippen molar-refractivity contribution in [2.24, 2.45) is 0 Å². The minimum absolute atomic E-state index is 0.0546. The molecule has 0 aliphatic heterocycles. The first-order chi connectivity index (χ1) is 10.1. The number of nitrogens with zero attached hydrogens (tertiary/aromatic N) is 3. The molecule has 1 heterocycles. The zero-order valence-corrected chi connectivity index (χ0v) is 13.0. The standard InChI is InChI=1S/C14H24N4O3/c1-4-6-7-8-9-10-21-13-12(18(19)20)11(3)16-14(17-13)15-5-2/h4-10H2,1-3H3,(H,15,16,17). The van der Waals surface area contributed by atoms with E-state index in [1.807, 2.05) is 6.92 Å². The van der Waals surface area contributed by atoms with Crippen molar-refractivity contribution in [3.8, 4) is 5.88 Å². The lowest BCUT2D eigenvalue weighted by atomic mass is 10.2. The highest BCUT2D eigenvalue weighted by Gasteiger charge is 2.23. The van der Waals surface area contributed by atoms with Crippen LogP contribution in [0.4, 0.5) is 11.6 Å². The second-order valence-electron chi connectivity index (χ2n) is 4.84. The van der Waals surface area contributed by atoms with E-state index in [9.17, 15) is 10.1 Å². The average molecular weight is 296 g/mol. The summed E-state index contributed by atoms with van der Waals surface area (Å²) in [6, 6.07) is 0. The fourth-order valence-electron chi connectivity index (χ4n) is 1.96. The van der Waals surface area contributed by atoms with Gasteiger partial charge in [0.25, 0.3) is 5.88 Å². The van der Waals surface area contributed by atoms with Gasteiger partial charge in [-0.25, -0.2) is 4.98 Å². The van der Waals surface area contributed by atoms with Crippen LogP contribution in [0.2, 0.25) is 0 Å². The molecule has 7 heteroatoms. The van der Waals surface area contributed by atoms with Crippen LogP contribution in [0.25, 0.3) is 0 Å². The minimum atomic E-state index is -0.489. The van der Waals surface area contributed by atoms with E-state index >= 15 is 0 Å². The van der Waals surface area contributed by atoms with E-state index in [4.69, 9.17) is 4.74 Å². The lowest BCUT2D eigenvalue weighted by molar-refractivity contribution is -0.387. The Morgan fingerprint density at radius 1 is 1.19 bits per heavy atom. The summed E-state index contributed by atoms with van der Waals surface area (Å²) >= 11 is 0. The summed E-state index contributed by atoms with van der Waals surface area (Å²) < 4.78 is 5.51. The zero-order chi connectivity index (χ0) is 15.7. The first kappa shape index (κ1) is 17.1. The number of aromatic nitrogens is 2. The number of aryl methyl sites for hydroxylation is 1. The molecule has 0 aliphatic carbocycles. The van der Waals surface area contributed by atoms with Crippen LogP contribution in [0, 0.1) is 17.0 Å². The van der Waals surface area contributed by atoms with Crippen LogP contribution in [-0.4, -0.2) is 28.0 Å². The highest BCUT2D eigenvalue weighted by atomic mass is 16.6. The Morgan fingerprint density at radius 3 is 2.52 bits per heavy atom. The summed E-state index contributed by atoms with van der Waals surface area (Å²) in [7, 11) is 0. The first-order valence-electron chi connectivity index (χ1n) is 7.49. The van der Waals surface area contributed by atoms with Crippen molar-refractivity contribution in [3.63, 3.8) is 0 Å². The number of hydrogen-bond acceptors (Lipinski definition) is 6. The van der Waals surface area contributed by atoms with Crippen LogP contribution in [-0.2, 0) is 0 Å². The van der Waals surface area contributed by atoms with E-state index in [0.29, 0.717) is 24.8 Å². The molecule has 21 heavy (non-hydrogen) atoms. The van der Waals surface area contributed by atoms with Crippen molar-refractivity contribution in [2.45, 2.75) is 52.9 Å². The molecule has 0 spiro atoms. The smallest absolute Gasteiger partial charge is 0.352 e. The van der Waals surface area contributed by atoms with E-state index in [-0.39, 0.29) is 11.6 Å². The van der Waals surface area contributed by atoms with E-state index in [0.717, 1.165) is 19.3 Å². The normalized spacial score (nSPS) is 10.4. The molecule has 0 bridgehead atoms. The first-order valence-corrected chi connectivity index (χ1v) is 7.49. The quantitative estimate of drug-likeness (QED) is 0.404. The van der Waals surface area contributed by atoms with Gasteiger partial charge in [-0.3, -0.25) is 10.1 Å². The van der Waals surface area contributed by atoms with Crippen molar-refractivity contribution in [1.29, 1.82) is 0 Å². The molecule has 0 atom stereocenters. The number of nitrogens with one attached hydrogen (secondary N) is 1. The molecule has 0 unspecified atom stereocenters. The summed E-state index contributed by atoms with van der Waals surface area (Å²) in [6.45, 7) is 6.75. The highest BCUT2D eigenvalue weighted by Crippen LogP contribution is 2.28. The van der Waals surface area contributed by atoms with Crippen LogP contribution < -0.4 is 10.1 Å². The van der Waals surface area contributed by atoms with Gasteiger partial charge in [0.05, 0.1) is 11.5 Å². The monoisotopic (exact) mass is 296 g/mol. The van der Waals surface area contributed by atoms with E-state index in [1.54, 1.807) is 6.92 Å². The lowest BCUT2D eigenvalue weighted by Gasteiger charge is -2.09. The number of ether oxygens (including phenoxy) is 1. The van der Waals surface area contributed by atoms with Crippen molar-refractivity contribution in [2.75, 3.05) is 18.5 Å². The van der Waals surface area contributed by atoms with Crippen molar-refractivity contribution < 1.29 is 9.66 Å². The Hall–Kier alpha value is -1.92. The van der Waals surface area contributed by atoms with E-state index < -0.39 is 4.92 Å². The molecule has 1 N–H and O–H groups in total. The van der Waals surface area contributed by atoms with Gasteiger partial charge in [-0.05, 0) is 20.3 Å². The third kappa shape index (κ3) is 5.53. The molecular weight excluding hydrogens is 272 g/mol. The Balaban J connectivity index is 2.71. The summed E-state index contributed by atoms with van der Waals surface area (Å²) in [5.74, 6) is 0.417. The van der Waals surface area contributed by atoms with Crippen molar-refractivity contribution >= 4 is 11.6 Å². The predicted octanol–water partition coefficient (Wildman–Crippen LogP) is 3.47. The van der Waals surface area contributed by atoms with Crippen LogP contribution in [0.3, 0.4) is 0 Å². The molecule has 1 rings (SSSR count). The molecule has 0 saturated heterocycles. The minimum Gasteiger partial charge on any atom is -0.473 e. The fourth-order valence-corrected chi connectivity index (χ4v) is 1.96. The molecule has 0 amide bonds. The fraction of sp³-hybridized carbons (Fsp3) is 0.714. The SMILES string of the molecule is CCCCCCCOc1nc(NCC)nc(C)c1[N+](=O)[O-]. The number of rotatable bonds is 10. The second-order valence-corrected chi connectivity index (χ2v) is 4.84. The van der Waals surface area contributed by atoms with Crippen LogP contribution >= 0.6 is 0 Å². The van der Waals surface area contributed by atoms with Crippen molar-refractivity contribution in [1.82, 2.24) is 9.97 Å². The van der Waals surface area contributed by atoms with Gasteiger partial charge in [-0.15, -0.1) is 0 Å². The molecule has 7 nitrogen and oxygen atoms in total. The third-order valence-corrected chi connectivity index (χ3v) is 3.03. The Bertz CT molecular complexity index is 466. The third-order valence-electron chi connectivity index (χ3n) is 3.03. The summed E-state index contributed by atoms with van der Waals surface area (Å²) in [6.07, 6.45) is 5.48. The number of hydrogen-bond donors (Lipinski definition) is 1. The van der Waals surface area contributed by atoms with Gasteiger partial charge in [-0.2, -0.15) is 4.98 Å². The lowest BCUT2D eigenvalue weighted by Crippen LogP contribution is -2.09. The topological polar surface area (TPSA) is 90.2 Å². The van der Waals surface area contributed by atoms with Gasteiger partial charge in [-0.1, -0.05) is 32.6 Å².